The van der Waals surface area contributed by atoms with Gasteiger partial charge in [0.15, 0.2) is 0 Å². The van der Waals surface area contributed by atoms with Crippen molar-refractivity contribution in [1.82, 2.24) is 10.2 Å². The van der Waals surface area contributed by atoms with Gasteiger partial charge in [-0.05, 0) is 41.2 Å². The van der Waals surface area contributed by atoms with Gasteiger partial charge in [0.2, 0.25) is 0 Å². The number of methoxy groups -OCH3 is 1. The van der Waals surface area contributed by atoms with Crippen molar-refractivity contribution in [2.75, 3.05) is 27.3 Å². The van der Waals surface area contributed by atoms with E-state index in [2.05, 4.69) is 51.9 Å². The van der Waals surface area contributed by atoms with Crippen LogP contribution in [0.15, 0.2) is 0 Å². The standard InChI is InChI=1S/C13H30N2O/c1-8-13(4,5)14-9-11(2)15(6)12(3)10-16-7/h11-12,14H,8-10H2,1-7H3. The Morgan fingerprint density at radius 1 is 1.25 bits per heavy atom. The highest BCUT2D eigenvalue weighted by Gasteiger charge is 2.19. The molecule has 2 unspecified atom stereocenters. The molecule has 0 aliphatic carbocycles. The van der Waals surface area contributed by atoms with Crippen molar-refractivity contribution >= 4 is 0 Å². The van der Waals surface area contributed by atoms with Crippen LogP contribution in [-0.2, 0) is 4.74 Å². The highest BCUT2D eigenvalue weighted by molar-refractivity contribution is 4.79. The lowest BCUT2D eigenvalue weighted by Gasteiger charge is -2.33. The molecule has 0 radical (unpaired) electrons. The van der Waals surface area contributed by atoms with E-state index >= 15 is 0 Å². The number of rotatable bonds is 8. The zero-order valence-electron chi connectivity index (χ0n) is 12.1. The summed E-state index contributed by atoms with van der Waals surface area (Å²) >= 11 is 0. The number of likely N-dealkylation sites (N-methyl/N-ethyl adjacent to an activating group) is 1. The van der Waals surface area contributed by atoms with Crippen LogP contribution in [-0.4, -0.2) is 49.8 Å². The van der Waals surface area contributed by atoms with Gasteiger partial charge in [-0.2, -0.15) is 0 Å². The van der Waals surface area contributed by atoms with Crippen LogP contribution in [0.25, 0.3) is 0 Å². The molecule has 0 saturated heterocycles. The smallest absolute Gasteiger partial charge is 0.0615 e. The van der Waals surface area contributed by atoms with Crippen LogP contribution < -0.4 is 5.32 Å². The van der Waals surface area contributed by atoms with Crippen molar-refractivity contribution in [3.63, 3.8) is 0 Å². The summed E-state index contributed by atoms with van der Waals surface area (Å²) < 4.78 is 5.18. The van der Waals surface area contributed by atoms with E-state index in [-0.39, 0.29) is 5.54 Å². The lowest BCUT2D eigenvalue weighted by molar-refractivity contribution is 0.0910. The summed E-state index contributed by atoms with van der Waals surface area (Å²) in [5.74, 6) is 0. The molecule has 0 saturated carbocycles. The van der Waals surface area contributed by atoms with Gasteiger partial charge < -0.3 is 10.1 Å². The van der Waals surface area contributed by atoms with E-state index in [0.717, 1.165) is 19.6 Å². The summed E-state index contributed by atoms with van der Waals surface area (Å²) in [4.78, 5) is 2.36. The normalized spacial score (nSPS) is 16.5. The molecule has 0 spiro atoms. The predicted octanol–water partition coefficient (Wildman–Crippen LogP) is 2.12. The summed E-state index contributed by atoms with van der Waals surface area (Å²) in [6, 6.07) is 0.988. The van der Waals surface area contributed by atoms with Gasteiger partial charge in [0.1, 0.15) is 0 Å². The molecule has 0 amide bonds. The SMILES string of the molecule is CCC(C)(C)NCC(C)N(C)C(C)COC. The number of ether oxygens (including phenoxy) is 1. The Bertz CT molecular complexity index is 183. The molecule has 0 aliphatic heterocycles. The van der Waals surface area contributed by atoms with E-state index in [1.807, 2.05) is 0 Å². The summed E-state index contributed by atoms with van der Waals surface area (Å²) in [6.45, 7) is 13.0. The van der Waals surface area contributed by atoms with Gasteiger partial charge in [0.05, 0.1) is 6.61 Å². The van der Waals surface area contributed by atoms with Crippen LogP contribution in [0.5, 0.6) is 0 Å². The average molecular weight is 230 g/mol. The van der Waals surface area contributed by atoms with Crippen LogP contribution in [0.1, 0.15) is 41.0 Å². The molecule has 98 valence electrons. The minimum Gasteiger partial charge on any atom is -0.383 e. The highest BCUT2D eigenvalue weighted by atomic mass is 16.5. The first kappa shape index (κ1) is 15.9. The van der Waals surface area contributed by atoms with Gasteiger partial charge in [0, 0.05) is 31.3 Å². The van der Waals surface area contributed by atoms with Crippen molar-refractivity contribution in [2.45, 2.75) is 58.7 Å². The third kappa shape index (κ3) is 5.83. The molecule has 0 heterocycles. The van der Waals surface area contributed by atoms with Crippen LogP contribution in [0.2, 0.25) is 0 Å². The van der Waals surface area contributed by atoms with E-state index in [1.54, 1.807) is 7.11 Å². The lowest BCUT2D eigenvalue weighted by atomic mass is 10.0. The maximum atomic E-state index is 5.18. The van der Waals surface area contributed by atoms with Crippen LogP contribution in [0, 0.1) is 0 Å². The number of nitrogens with zero attached hydrogens (tertiary/aromatic N) is 1. The molecule has 2 atom stereocenters. The second-order valence-electron chi connectivity index (χ2n) is 5.44. The molecular weight excluding hydrogens is 200 g/mol. The van der Waals surface area contributed by atoms with Gasteiger partial charge in [0.25, 0.3) is 0 Å². The molecule has 3 heteroatoms. The van der Waals surface area contributed by atoms with Crippen LogP contribution in [0.3, 0.4) is 0 Å². The Morgan fingerprint density at radius 3 is 2.25 bits per heavy atom. The monoisotopic (exact) mass is 230 g/mol. The molecule has 1 N–H and O–H groups in total. The summed E-state index contributed by atoms with van der Waals surface area (Å²) in [5, 5.41) is 3.60. The summed E-state index contributed by atoms with van der Waals surface area (Å²) in [6.07, 6.45) is 1.15. The first-order valence-electron chi connectivity index (χ1n) is 6.30. The lowest BCUT2D eigenvalue weighted by Crippen LogP contribution is -2.49. The second kappa shape index (κ2) is 7.25. The zero-order valence-corrected chi connectivity index (χ0v) is 12.1. The Morgan fingerprint density at radius 2 is 1.81 bits per heavy atom. The largest absolute Gasteiger partial charge is 0.383 e. The number of nitrogens with one attached hydrogen (secondary N) is 1. The van der Waals surface area contributed by atoms with E-state index < -0.39 is 0 Å². The fourth-order valence-corrected chi connectivity index (χ4v) is 1.49. The van der Waals surface area contributed by atoms with Crippen LogP contribution in [0.4, 0.5) is 0 Å². The fraction of sp³-hybridized carbons (Fsp3) is 1.00. The fourth-order valence-electron chi connectivity index (χ4n) is 1.49. The van der Waals surface area contributed by atoms with Crippen molar-refractivity contribution in [3.05, 3.63) is 0 Å². The average Bonchev–Trinajstić information content (AvgIpc) is 2.25. The topological polar surface area (TPSA) is 24.5 Å². The predicted molar refractivity (Wildman–Crippen MR) is 70.9 cm³/mol. The number of hydrogen-bond acceptors (Lipinski definition) is 3. The molecule has 16 heavy (non-hydrogen) atoms. The molecule has 0 aromatic heterocycles. The van der Waals surface area contributed by atoms with E-state index in [4.69, 9.17) is 4.74 Å². The molecule has 0 aliphatic rings. The van der Waals surface area contributed by atoms with Gasteiger partial charge in [-0.15, -0.1) is 0 Å². The molecule has 0 aromatic rings. The third-order valence-electron chi connectivity index (χ3n) is 3.56. The molecule has 0 fully saturated rings. The minimum absolute atomic E-state index is 0.236. The van der Waals surface area contributed by atoms with Gasteiger partial charge in [-0.1, -0.05) is 6.92 Å². The van der Waals surface area contributed by atoms with E-state index in [9.17, 15) is 0 Å². The molecule has 3 nitrogen and oxygen atoms in total. The van der Waals surface area contributed by atoms with Gasteiger partial charge in [-0.25, -0.2) is 0 Å². The summed E-state index contributed by atoms with van der Waals surface area (Å²) in [5.41, 5.74) is 0.236. The quantitative estimate of drug-likeness (QED) is 0.691. The molecule has 0 aromatic carbocycles. The maximum absolute atomic E-state index is 5.18. The van der Waals surface area contributed by atoms with Crippen molar-refractivity contribution in [1.29, 1.82) is 0 Å². The molecule has 0 bridgehead atoms. The van der Waals surface area contributed by atoms with Crippen molar-refractivity contribution in [2.24, 2.45) is 0 Å². The van der Waals surface area contributed by atoms with Gasteiger partial charge >= 0.3 is 0 Å². The van der Waals surface area contributed by atoms with Crippen molar-refractivity contribution < 1.29 is 4.74 Å². The Balaban J connectivity index is 4.00. The van der Waals surface area contributed by atoms with E-state index in [0.29, 0.717) is 12.1 Å². The minimum atomic E-state index is 0.236. The number of hydrogen-bond donors (Lipinski definition) is 1. The molecular formula is C13H30N2O. The Hall–Kier alpha value is -0.120. The highest BCUT2D eigenvalue weighted by Crippen LogP contribution is 2.08. The zero-order chi connectivity index (χ0) is 12.8. The second-order valence-corrected chi connectivity index (χ2v) is 5.44. The Labute approximate surface area is 102 Å². The van der Waals surface area contributed by atoms with Crippen molar-refractivity contribution in [3.8, 4) is 0 Å². The Kier molecular flexibility index (Phi) is 7.20. The van der Waals surface area contributed by atoms with Crippen LogP contribution >= 0.6 is 0 Å². The maximum Gasteiger partial charge on any atom is 0.0615 e. The van der Waals surface area contributed by atoms with Gasteiger partial charge in [-0.3, -0.25) is 4.90 Å². The third-order valence-corrected chi connectivity index (χ3v) is 3.56. The van der Waals surface area contributed by atoms with E-state index in [1.165, 1.54) is 0 Å². The first-order chi connectivity index (χ1) is 7.34. The summed E-state index contributed by atoms with van der Waals surface area (Å²) in [7, 11) is 3.92. The molecule has 0 rings (SSSR count). The first-order valence-corrected chi connectivity index (χ1v) is 6.30.